The third kappa shape index (κ3) is 5.25. The number of nitrogens with one attached hydrogen (secondary N) is 1. The molecule has 0 saturated carbocycles. The van der Waals surface area contributed by atoms with Gasteiger partial charge < -0.3 is 5.32 Å². The zero-order valence-corrected chi connectivity index (χ0v) is 10.6. The molecule has 0 spiro atoms. The van der Waals surface area contributed by atoms with Crippen molar-refractivity contribution in [3.05, 3.63) is 30.3 Å². The first-order chi connectivity index (χ1) is 7.86. The molecule has 0 radical (unpaired) electrons. The number of benzene rings is 1. The molecule has 0 heterocycles. The topological polar surface area (TPSA) is 12.0 Å². The van der Waals surface area contributed by atoms with Gasteiger partial charge in [-0.05, 0) is 32.0 Å². The Balaban J connectivity index is 2.26. The third-order valence-electron chi connectivity index (χ3n) is 2.48. The normalized spacial score (nSPS) is 12.0. The molecule has 1 aromatic carbocycles. The van der Waals surface area contributed by atoms with Gasteiger partial charge in [-0.3, -0.25) is 0 Å². The Kier molecular flexibility index (Phi) is 6.80. The summed E-state index contributed by atoms with van der Waals surface area (Å²) in [5.41, 5.74) is 0. The Hall–Kier alpha value is -0.910. The van der Waals surface area contributed by atoms with Crippen LogP contribution in [0.25, 0.3) is 0 Å². The molecule has 0 fully saturated rings. The highest BCUT2D eigenvalue weighted by Crippen LogP contribution is 2.19. The van der Waals surface area contributed by atoms with E-state index in [-0.39, 0.29) is 0 Å². The van der Waals surface area contributed by atoms with Crippen molar-refractivity contribution in [1.82, 2.24) is 5.32 Å². The summed E-state index contributed by atoms with van der Waals surface area (Å²) >= 11 is 1.90. The van der Waals surface area contributed by atoms with E-state index >= 15 is 0 Å². The van der Waals surface area contributed by atoms with E-state index in [1.165, 1.54) is 4.90 Å². The predicted molar refractivity (Wildman–Crippen MR) is 72.7 cm³/mol. The summed E-state index contributed by atoms with van der Waals surface area (Å²) < 4.78 is 0. The molecule has 0 aromatic heterocycles. The van der Waals surface area contributed by atoms with Crippen LogP contribution in [0.4, 0.5) is 0 Å². The highest BCUT2D eigenvalue weighted by Gasteiger charge is 2.05. The zero-order chi connectivity index (χ0) is 11.6. The Labute approximate surface area is 103 Å². The van der Waals surface area contributed by atoms with Crippen LogP contribution in [-0.4, -0.2) is 18.8 Å². The van der Waals surface area contributed by atoms with Crippen LogP contribution in [0, 0.1) is 12.3 Å². The molecular formula is C14H19NS. The van der Waals surface area contributed by atoms with E-state index in [2.05, 4.69) is 35.5 Å². The van der Waals surface area contributed by atoms with Gasteiger partial charge in [-0.15, -0.1) is 24.1 Å². The minimum Gasteiger partial charge on any atom is -0.316 e. The molecule has 1 atom stereocenters. The fraction of sp³-hybridized carbons (Fsp3) is 0.429. The van der Waals surface area contributed by atoms with E-state index in [0.29, 0.717) is 6.04 Å². The summed E-state index contributed by atoms with van der Waals surface area (Å²) in [6.45, 7) is 0. The van der Waals surface area contributed by atoms with Gasteiger partial charge in [-0.2, -0.15) is 0 Å². The number of hydrogen-bond acceptors (Lipinski definition) is 2. The molecule has 1 nitrogen and oxygen atoms in total. The van der Waals surface area contributed by atoms with Crippen LogP contribution < -0.4 is 5.32 Å². The Morgan fingerprint density at radius 2 is 2.12 bits per heavy atom. The highest BCUT2D eigenvalue weighted by atomic mass is 32.2. The lowest BCUT2D eigenvalue weighted by molar-refractivity contribution is 0.554. The maximum atomic E-state index is 5.25. The van der Waals surface area contributed by atoms with Crippen LogP contribution in [0.5, 0.6) is 0 Å². The van der Waals surface area contributed by atoms with E-state index in [9.17, 15) is 0 Å². The minimum atomic E-state index is 0.554. The van der Waals surface area contributed by atoms with Gasteiger partial charge in [0.15, 0.2) is 0 Å². The molecule has 2 heteroatoms. The predicted octanol–water partition coefficient (Wildman–Crippen LogP) is 3.17. The number of rotatable bonds is 7. The van der Waals surface area contributed by atoms with Crippen LogP contribution >= 0.6 is 11.8 Å². The first-order valence-corrected chi connectivity index (χ1v) is 6.64. The van der Waals surface area contributed by atoms with Gasteiger partial charge in [0.05, 0.1) is 0 Å². The second-order valence-corrected chi connectivity index (χ2v) is 4.80. The average Bonchev–Trinajstić information content (AvgIpc) is 2.35. The second kappa shape index (κ2) is 8.27. The van der Waals surface area contributed by atoms with E-state index in [4.69, 9.17) is 6.42 Å². The Morgan fingerprint density at radius 3 is 2.75 bits per heavy atom. The van der Waals surface area contributed by atoms with Gasteiger partial charge in [-0.25, -0.2) is 0 Å². The molecule has 0 bridgehead atoms. The molecule has 0 aliphatic rings. The summed E-state index contributed by atoms with van der Waals surface area (Å²) in [6.07, 6.45) is 8.39. The second-order valence-electron chi connectivity index (χ2n) is 3.71. The number of hydrogen-bond donors (Lipinski definition) is 1. The summed E-state index contributed by atoms with van der Waals surface area (Å²) in [6, 6.07) is 11.1. The van der Waals surface area contributed by atoms with Crippen molar-refractivity contribution >= 4 is 11.8 Å². The first kappa shape index (κ1) is 13.2. The van der Waals surface area contributed by atoms with Gasteiger partial charge in [0.1, 0.15) is 0 Å². The smallest absolute Gasteiger partial charge is 0.0159 e. The van der Waals surface area contributed by atoms with Crippen molar-refractivity contribution in [1.29, 1.82) is 0 Å². The van der Waals surface area contributed by atoms with E-state index in [1.54, 1.807) is 0 Å². The summed E-state index contributed by atoms with van der Waals surface area (Å²) in [4.78, 5) is 1.33. The maximum Gasteiger partial charge on any atom is 0.0159 e. The third-order valence-corrected chi connectivity index (χ3v) is 3.65. The highest BCUT2D eigenvalue weighted by molar-refractivity contribution is 7.99. The molecule has 0 aliphatic carbocycles. The molecule has 1 aromatic rings. The fourth-order valence-corrected chi connectivity index (χ4v) is 2.55. The largest absolute Gasteiger partial charge is 0.316 e. The molecule has 86 valence electrons. The Morgan fingerprint density at radius 1 is 1.38 bits per heavy atom. The molecule has 0 amide bonds. The minimum absolute atomic E-state index is 0.554. The van der Waals surface area contributed by atoms with Crippen molar-refractivity contribution in [2.45, 2.75) is 30.2 Å². The monoisotopic (exact) mass is 233 g/mol. The lowest BCUT2D eigenvalue weighted by Crippen LogP contribution is -2.27. The van der Waals surface area contributed by atoms with Crippen molar-refractivity contribution in [2.24, 2.45) is 0 Å². The zero-order valence-electron chi connectivity index (χ0n) is 9.78. The fourth-order valence-electron chi connectivity index (χ4n) is 1.48. The lowest BCUT2D eigenvalue weighted by atomic mass is 10.1. The molecule has 1 N–H and O–H groups in total. The summed E-state index contributed by atoms with van der Waals surface area (Å²) in [5, 5.41) is 3.34. The Bertz CT molecular complexity index is 315. The molecule has 1 rings (SSSR count). The first-order valence-electron chi connectivity index (χ1n) is 5.65. The van der Waals surface area contributed by atoms with Crippen LogP contribution in [-0.2, 0) is 0 Å². The van der Waals surface area contributed by atoms with Crippen molar-refractivity contribution in [3.8, 4) is 12.3 Å². The SMILES string of the molecule is C#CCCCC(CSc1ccccc1)NC. The summed E-state index contributed by atoms with van der Waals surface area (Å²) in [7, 11) is 2.02. The van der Waals surface area contributed by atoms with E-state index in [1.807, 2.05) is 24.9 Å². The molecule has 0 saturated heterocycles. The van der Waals surface area contributed by atoms with Crippen LogP contribution in [0.2, 0.25) is 0 Å². The van der Waals surface area contributed by atoms with Gasteiger partial charge >= 0.3 is 0 Å². The van der Waals surface area contributed by atoms with Crippen molar-refractivity contribution in [3.63, 3.8) is 0 Å². The summed E-state index contributed by atoms with van der Waals surface area (Å²) in [5.74, 6) is 3.79. The van der Waals surface area contributed by atoms with Gasteiger partial charge in [0.2, 0.25) is 0 Å². The quantitative estimate of drug-likeness (QED) is 0.441. The molecule has 16 heavy (non-hydrogen) atoms. The van der Waals surface area contributed by atoms with Gasteiger partial charge in [0, 0.05) is 23.1 Å². The van der Waals surface area contributed by atoms with E-state index in [0.717, 1.165) is 25.0 Å². The van der Waals surface area contributed by atoms with Crippen molar-refractivity contribution in [2.75, 3.05) is 12.8 Å². The average molecular weight is 233 g/mol. The van der Waals surface area contributed by atoms with E-state index < -0.39 is 0 Å². The number of unbranched alkanes of at least 4 members (excludes halogenated alkanes) is 1. The van der Waals surface area contributed by atoms with Gasteiger partial charge in [-0.1, -0.05) is 18.2 Å². The lowest BCUT2D eigenvalue weighted by Gasteiger charge is -2.14. The standard InChI is InChI=1S/C14H19NS/c1-3-4-6-9-13(15-2)12-16-14-10-7-5-8-11-14/h1,5,7-8,10-11,13,15H,4,6,9,12H2,2H3. The number of terminal acetylenes is 1. The molecular weight excluding hydrogens is 214 g/mol. The molecule has 1 unspecified atom stereocenters. The maximum absolute atomic E-state index is 5.25. The van der Waals surface area contributed by atoms with Gasteiger partial charge in [0.25, 0.3) is 0 Å². The van der Waals surface area contributed by atoms with Crippen molar-refractivity contribution < 1.29 is 0 Å². The molecule has 0 aliphatic heterocycles. The number of thioether (sulfide) groups is 1. The van der Waals surface area contributed by atoms with Crippen LogP contribution in [0.15, 0.2) is 35.2 Å². The van der Waals surface area contributed by atoms with Crippen LogP contribution in [0.1, 0.15) is 19.3 Å². The van der Waals surface area contributed by atoms with Crippen LogP contribution in [0.3, 0.4) is 0 Å².